The zero-order valence-electron chi connectivity index (χ0n) is 15.7. The third kappa shape index (κ3) is 5.13. The number of aliphatic carboxylic acids is 1. The highest BCUT2D eigenvalue weighted by Crippen LogP contribution is 2.39. The Morgan fingerprint density at radius 3 is 2.25 bits per heavy atom. The van der Waals surface area contributed by atoms with E-state index in [1.165, 1.54) is 5.56 Å². The summed E-state index contributed by atoms with van der Waals surface area (Å²) in [6, 6.07) is 13.5. The number of hydrogen-bond donors (Lipinski definition) is 2. The third-order valence-corrected chi connectivity index (χ3v) is 4.15. The Morgan fingerprint density at radius 1 is 1.18 bits per heavy atom. The summed E-state index contributed by atoms with van der Waals surface area (Å²) in [5.74, 6) is -1.55. The van der Waals surface area contributed by atoms with Gasteiger partial charge >= 0.3 is 12.1 Å². The summed E-state index contributed by atoms with van der Waals surface area (Å²) >= 11 is 0. The summed E-state index contributed by atoms with van der Waals surface area (Å²) in [4.78, 5) is 10.9. The molecule has 0 saturated carbocycles. The number of carboxylic acids is 1. The number of alkyl halides is 3. The molecule has 2 aromatic rings. The summed E-state index contributed by atoms with van der Waals surface area (Å²) < 4.78 is 43.4. The maximum absolute atomic E-state index is 12.8. The fourth-order valence-corrected chi connectivity index (χ4v) is 2.85. The molecule has 0 unspecified atom stereocenters. The van der Waals surface area contributed by atoms with E-state index in [0.29, 0.717) is 11.1 Å². The van der Waals surface area contributed by atoms with Gasteiger partial charge < -0.3 is 15.6 Å². The van der Waals surface area contributed by atoms with Crippen LogP contribution in [0.25, 0.3) is 6.08 Å². The van der Waals surface area contributed by atoms with Gasteiger partial charge in [0.25, 0.3) is 0 Å². The van der Waals surface area contributed by atoms with Crippen molar-refractivity contribution in [2.75, 3.05) is 0 Å². The van der Waals surface area contributed by atoms with Crippen molar-refractivity contribution in [1.29, 1.82) is 0 Å². The first-order valence-electron chi connectivity index (χ1n) is 8.60. The number of aryl methyl sites for hydroxylation is 2. The van der Waals surface area contributed by atoms with Gasteiger partial charge in [-0.2, -0.15) is 13.2 Å². The van der Waals surface area contributed by atoms with E-state index in [-0.39, 0.29) is 11.8 Å². The van der Waals surface area contributed by atoms with Gasteiger partial charge in [0, 0.05) is 11.6 Å². The molecule has 0 fully saturated rings. The van der Waals surface area contributed by atoms with Crippen molar-refractivity contribution in [2.24, 2.45) is 5.73 Å². The molecule has 150 valence electrons. The molecule has 28 heavy (non-hydrogen) atoms. The van der Waals surface area contributed by atoms with Gasteiger partial charge in [-0.05, 0) is 44.0 Å². The Kier molecular flexibility index (Phi) is 6.51. The van der Waals surface area contributed by atoms with Crippen LogP contribution in [0.4, 0.5) is 13.2 Å². The molecule has 0 saturated heterocycles. The molecule has 2 atom stereocenters. The van der Waals surface area contributed by atoms with Crippen LogP contribution in [-0.4, -0.2) is 23.4 Å². The van der Waals surface area contributed by atoms with E-state index in [2.05, 4.69) is 0 Å². The lowest BCUT2D eigenvalue weighted by atomic mass is 9.97. The first-order chi connectivity index (χ1) is 13.0. The number of nitrogens with two attached hydrogens (primary N) is 1. The van der Waals surface area contributed by atoms with Gasteiger partial charge in [0.05, 0.1) is 5.57 Å². The molecule has 0 aromatic heterocycles. The lowest BCUT2D eigenvalue weighted by molar-refractivity contribution is -0.187. The average molecular weight is 393 g/mol. The van der Waals surface area contributed by atoms with Crippen molar-refractivity contribution in [3.05, 3.63) is 70.3 Å². The van der Waals surface area contributed by atoms with Crippen LogP contribution in [0.5, 0.6) is 5.75 Å². The Morgan fingerprint density at radius 2 is 1.79 bits per heavy atom. The maximum Gasteiger partial charge on any atom is 0.430 e. The standard InChI is InChI=1S/C13H11F3O3.C8H11N/c1-6-3-7(2)10-8(4-6)5-9(12(17)18)11(19-10)13(14,15)16;1-7(9)8-5-3-2-4-6-8/h3-5,11H,1-2H3,(H,17,18);2-7H,9H2,1H3/t11-;7-/m01/s1. The molecule has 0 aliphatic carbocycles. The van der Waals surface area contributed by atoms with Gasteiger partial charge in [0.2, 0.25) is 6.10 Å². The number of rotatable bonds is 2. The molecule has 0 amide bonds. The van der Waals surface area contributed by atoms with Crippen molar-refractivity contribution in [1.82, 2.24) is 0 Å². The summed E-state index contributed by atoms with van der Waals surface area (Å²) in [7, 11) is 0. The lowest BCUT2D eigenvalue weighted by Crippen LogP contribution is -2.40. The third-order valence-electron chi connectivity index (χ3n) is 4.15. The van der Waals surface area contributed by atoms with Crippen molar-refractivity contribution < 1.29 is 27.8 Å². The van der Waals surface area contributed by atoms with E-state index in [1.807, 2.05) is 37.3 Å². The van der Waals surface area contributed by atoms with E-state index in [9.17, 15) is 18.0 Å². The predicted molar refractivity (Wildman–Crippen MR) is 101 cm³/mol. The molecule has 4 nitrogen and oxygen atoms in total. The van der Waals surface area contributed by atoms with E-state index >= 15 is 0 Å². The zero-order valence-corrected chi connectivity index (χ0v) is 15.7. The molecule has 7 heteroatoms. The largest absolute Gasteiger partial charge is 0.478 e. The van der Waals surface area contributed by atoms with Crippen molar-refractivity contribution in [3.63, 3.8) is 0 Å². The van der Waals surface area contributed by atoms with Gasteiger partial charge in [-0.1, -0.05) is 42.0 Å². The molecule has 2 aromatic carbocycles. The number of carbonyl (C=O) groups is 1. The Balaban J connectivity index is 0.000000261. The van der Waals surface area contributed by atoms with E-state index < -0.39 is 23.8 Å². The normalized spacial score (nSPS) is 16.7. The molecule has 1 aliphatic rings. The predicted octanol–water partition coefficient (Wildman–Crippen LogP) is 4.80. The summed E-state index contributed by atoms with van der Waals surface area (Å²) in [6.45, 7) is 5.38. The number of carboxylic acid groups (broad SMARTS) is 1. The van der Waals surface area contributed by atoms with Gasteiger partial charge in [-0.25, -0.2) is 4.79 Å². The van der Waals surface area contributed by atoms with E-state index in [4.69, 9.17) is 15.6 Å². The first kappa shape index (κ1) is 21.5. The van der Waals surface area contributed by atoms with Crippen LogP contribution in [0.2, 0.25) is 0 Å². The highest BCUT2D eigenvalue weighted by molar-refractivity contribution is 5.95. The van der Waals surface area contributed by atoms with Crippen LogP contribution in [0.1, 0.15) is 35.2 Å². The zero-order chi connectivity index (χ0) is 21.1. The van der Waals surface area contributed by atoms with E-state index in [0.717, 1.165) is 11.6 Å². The van der Waals surface area contributed by atoms with Crippen LogP contribution in [0.15, 0.2) is 48.0 Å². The second-order valence-electron chi connectivity index (χ2n) is 6.64. The van der Waals surface area contributed by atoms with Crippen LogP contribution >= 0.6 is 0 Å². The summed E-state index contributed by atoms with van der Waals surface area (Å²) in [5, 5.41) is 8.89. The van der Waals surface area contributed by atoms with Crippen LogP contribution < -0.4 is 10.5 Å². The molecule has 1 aliphatic heterocycles. The van der Waals surface area contributed by atoms with Crippen molar-refractivity contribution >= 4 is 12.0 Å². The molecule has 0 bridgehead atoms. The average Bonchev–Trinajstić information content (AvgIpc) is 2.61. The summed E-state index contributed by atoms with van der Waals surface area (Å²) in [6.07, 6.45) is -6.17. The van der Waals surface area contributed by atoms with E-state index in [1.54, 1.807) is 26.0 Å². The SMILES string of the molecule is C[C@@H](N)c1ccccc1.Cc1cc(C)c2c(c1)C=C(C(=O)O)[C@@H](C(F)(F)F)O2. The number of ether oxygens (including phenoxy) is 1. The minimum Gasteiger partial charge on any atom is -0.478 e. The van der Waals surface area contributed by atoms with Crippen LogP contribution in [0, 0.1) is 13.8 Å². The minimum atomic E-state index is -4.76. The molecule has 0 radical (unpaired) electrons. The molecule has 0 spiro atoms. The van der Waals surface area contributed by atoms with Crippen molar-refractivity contribution in [2.45, 2.75) is 39.1 Å². The second-order valence-corrected chi connectivity index (χ2v) is 6.64. The number of halogens is 3. The quantitative estimate of drug-likeness (QED) is 0.769. The Labute approximate surface area is 161 Å². The first-order valence-corrected chi connectivity index (χ1v) is 8.60. The monoisotopic (exact) mass is 393 g/mol. The molecule has 3 rings (SSSR count). The molecular formula is C21H22F3NO3. The summed E-state index contributed by atoms with van der Waals surface area (Å²) in [5.41, 5.74) is 7.73. The molecule has 1 heterocycles. The van der Waals surface area contributed by atoms with Gasteiger partial charge in [0.15, 0.2) is 0 Å². The topological polar surface area (TPSA) is 72.6 Å². The van der Waals surface area contributed by atoms with Crippen LogP contribution in [-0.2, 0) is 4.79 Å². The maximum atomic E-state index is 12.8. The van der Waals surface area contributed by atoms with Crippen LogP contribution in [0.3, 0.4) is 0 Å². The number of hydrogen-bond acceptors (Lipinski definition) is 3. The molecule has 3 N–H and O–H groups in total. The van der Waals surface area contributed by atoms with Gasteiger partial charge in [-0.15, -0.1) is 0 Å². The molecular weight excluding hydrogens is 371 g/mol. The highest BCUT2D eigenvalue weighted by atomic mass is 19.4. The smallest absolute Gasteiger partial charge is 0.430 e. The van der Waals surface area contributed by atoms with Crippen molar-refractivity contribution in [3.8, 4) is 5.75 Å². The minimum absolute atomic E-state index is 0.0814. The lowest BCUT2D eigenvalue weighted by Gasteiger charge is -2.28. The Hall–Kier alpha value is -2.80. The second kappa shape index (κ2) is 8.48. The Bertz CT molecular complexity index is 874. The van der Waals surface area contributed by atoms with Gasteiger partial charge in [0.1, 0.15) is 5.75 Å². The number of benzene rings is 2. The fraction of sp³-hybridized carbons (Fsp3) is 0.286. The fourth-order valence-electron chi connectivity index (χ4n) is 2.85. The van der Waals surface area contributed by atoms with Gasteiger partial charge in [-0.3, -0.25) is 0 Å². The highest BCUT2D eigenvalue weighted by Gasteiger charge is 2.48. The number of fused-ring (bicyclic) bond motifs is 1.